The van der Waals surface area contributed by atoms with Gasteiger partial charge in [0.1, 0.15) is 5.75 Å². The molecule has 0 bridgehead atoms. The van der Waals surface area contributed by atoms with E-state index in [1.54, 1.807) is 12.1 Å². The lowest BCUT2D eigenvalue weighted by Gasteiger charge is -2.10. The Bertz CT molecular complexity index is 365. The number of carbonyl (C=O) groups excluding carboxylic acids is 1. The predicted molar refractivity (Wildman–Crippen MR) is 69.1 cm³/mol. The fraction of sp³-hybridized carbons (Fsp3) is 0.462. The second kappa shape index (κ2) is 7.68. The molecule has 0 aliphatic heterocycles. The zero-order valence-corrected chi connectivity index (χ0v) is 10.6. The summed E-state index contributed by atoms with van der Waals surface area (Å²) in [6, 6.07) is 7.38. The largest absolute Gasteiger partial charge is 0.484 e. The van der Waals surface area contributed by atoms with Gasteiger partial charge in [-0.15, -0.1) is 0 Å². The molecule has 5 heteroatoms. The van der Waals surface area contributed by atoms with Gasteiger partial charge in [0.25, 0.3) is 5.91 Å². The van der Waals surface area contributed by atoms with Crippen LogP contribution >= 0.6 is 0 Å². The molecule has 5 nitrogen and oxygen atoms in total. The molecule has 0 aliphatic carbocycles. The Morgan fingerprint density at radius 2 is 2.11 bits per heavy atom. The van der Waals surface area contributed by atoms with E-state index < -0.39 is 5.91 Å². The lowest BCUT2D eigenvalue weighted by molar-refractivity contribution is -0.119. The first-order chi connectivity index (χ1) is 8.61. The highest BCUT2D eigenvalue weighted by atomic mass is 16.5. The normalized spacial score (nSPS) is 12.1. The van der Waals surface area contributed by atoms with Crippen molar-refractivity contribution in [2.75, 3.05) is 13.2 Å². The Morgan fingerprint density at radius 1 is 1.44 bits per heavy atom. The number of carbonyl (C=O) groups is 1. The minimum atomic E-state index is -0.491. The van der Waals surface area contributed by atoms with E-state index in [-0.39, 0.29) is 12.7 Å². The smallest absolute Gasteiger partial charge is 0.255 e. The van der Waals surface area contributed by atoms with Crippen LogP contribution in [0.15, 0.2) is 24.3 Å². The molecule has 0 radical (unpaired) electrons. The van der Waals surface area contributed by atoms with Crippen molar-refractivity contribution in [2.45, 2.75) is 26.0 Å². The Balaban J connectivity index is 2.33. The molecule has 100 valence electrons. The van der Waals surface area contributed by atoms with Crippen molar-refractivity contribution in [3.8, 4) is 5.75 Å². The number of aliphatic hydroxyl groups excluding tert-OH is 1. The summed E-state index contributed by atoms with van der Waals surface area (Å²) in [4.78, 5) is 10.5. The molecular formula is C13H20N2O3. The zero-order chi connectivity index (χ0) is 13.4. The summed E-state index contributed by atoms with van der Waals surface area (Å²) in [5, 5.41) is 12.5. The van der Waals surface area contributed by atoms with Crippen LogP contribution in [0.4, 0.5) is 0 Å². The second-order valence-corrected chi connectivity index (χ2v) is 4.09. The number of primary amides is 1. The molecular weight excluding hydrogens is 232 g/mol. The highest BCUT2D eigenvalue weighted by Gasteiger charge is 2.01. The maximum absolute atomic E-state index is 10.5. The fourth-order valence-corrected chi connectivity index (χ4v) is 1.39. The number of benzene rings is 1. The summed E-state index contributed by atoms with van der Waals surface area (Å²) in [7, 11) is 0. The molecule has 18 heavy (non-hydrogen) atoms. The van der Waals surface area contributed by atoms with Crippen molar-refractivity contribution < 1.29 is 14.6 Å². The topological polar surface area (TPSA) is 84.6 Å². The Kier molecular flexibility index (Phi) is 6.18. The molecule has 0 spiro atoms. The third kappa shape index (κ3) is 5.65. The molecule has 0 saturated heterocycles. The SMILES string of the molecule is CCC(O)CNCc1ccc(OCC(N)=O)cc1. The first kappa shape index (κ1) is 14.5. The van der Waals surface area contributed by atoms with Crippen LogP contribution in [0.1, 0.15) is 18.9 Å². The van der Waals surface area contributed by atoms with Crippen molar-refractivity contribution in [3.63, 3.8) is 0 Å². The molecule has 0 fully saturated rings. The van der Waals surface area contributed by atoms with Crippen LogP contribution in [0.2, 0.25) is 0 Å². The number of nitrogens with two attached hydrogens (primary N) is 1. The third-order valence-electron chi connectivity index (χ3n) is 2.48. The lowest BCUT2D eigenvalue weighted by Crippen LogP contribution is -2.25. The Labute approximate surface area is 107 Å². The van der Waals surface area contributed by atoms with Crippen LogP contribution in [-0.4, -0.2) is 30.3 Å². The average Bonchev–Trinajstić information content (AvgIpc) is 2.37. The minimum Gasteiger partial charge on any atom is -0.484 e. The lowest BCUT2D eigenvalue weighted by atomic mass is 10.2. The minimum absolute atomic E-state index is 0.111. The van der Waals surface area contributed by atoms with Gasteiger partial charge >= 0.3 is 0 Å². The summed E-state index contributed by atoms with van der Waals surface area (Å²) >= 11 is 0. The predicted octanol–water partition coefficient (Wildman–Crippen LogP) is 0.411. The van der Waals surface area contributed by atoms with Gasteiger partial charge in [-0.3, -0.25) is 4.79 Å². The summed E-state index contributed by atoms with van der Waals surface area (Å²) < 4.78 is 5.15. The van der Waals surface area contributed by atoms with Gasteiger partial charge in [-0.25, -0.2) is 0 Å². The number of ether oxygens (including phenoxy) is 1. The van der Waals surface area contributed by atoms with Gasteiger partial charge < -0.3 is 20.9 Å². The number of amides is 1. The molecule has 1 unspecified atom stereocenters. The van der Waals surface area contributed by atoms with E-state index in [0.29, 0.717) is 18.8 Å². The van der Waals surface area contributed by atoms with Gasteiger partial charge in [-0.05, 0) is 24.1 Å². The fourth-order valence-electron chi connectivity index (χ4n) is 1.39. The monoisotopic (exact) mass is 252 g/mol. The van der Waals surface area contributed by atoms with E-state index >= 15 is 0 Å². The maximum Gasteiger partial charge on any atom is 0.255 e. The Morgan fingerprint density at radius 3 is 2.67 bits per heavy atom. The van der Waals surface area contributed by atoms with E-state index in [0.717, 1.165) is 12.0 Å². The number of hydrogen-bond acceptors (Lipinski definition) is 4. The van der Waals surface area contributed by atoms with Gasteiger partial charge in [0.2, 0.25) is 0 Å². The summed E-state index contributed by atoms with van der Waals surface area (Å²) in [6.07, 6.45) is 0.440. The molecule has 0 saturated carbocycles. The summed E-state index contributed by atoms with van der Waals surface area (Å²) in [6.45, 7) is 3.10. The van der Waals surface area contributed by atoms with Gasteiger partial charge in [-0.1, -0.05) is 19.1 Å². The Hall–Kier alpha value is -1.59. The van der Waals surface area contributed by atoms with E-state index in [1.165, 1.54) is 0 Å². The van der Waals surface area contributed by atoms with Crippen molar-refractivity contribution in [2.24, 2.45) is 5.73 Å². The van der Waals surface area contributed by atoms with Gasteiger partial charge in [0.05, 0.1) is 6.10 Å². The van der Waals surface area contributed by atoms with Crippen LogP contribution in [0.3, 0.4) is 0 Å². The molecule has 1 aromatic rings. The second-order valence-electron chi connectivity index (χ2n) is 4.09. The molecule has 1 amide bonds. The average molecular weight is 252 g/mol. The van der Waals surface area contributed by atoms with E-state index in [1.807, 2.05) is 19.1 Å². The third-order valence-corrected chi connectivity index (χ3v) is 2.48. The van der Waals surface area contributed by atoms with E-state index in [9.17, 15) is 9.90 Å². The van der Waals surface area contributed by atoms with Crippen LogP contribution in [-0.2, 0) is 11.3 Å². The highest BCUT2D eigenvalue weighted by Crippen LogP contribution is 2.11. The van der Waals surface area contributed by atoms with E-state index in [2.05, 4.69) is 5.32 Å². The van der Waals surface area contributed by atoms with Gasteiger partial charge in [0, 0.05) is 13.1 Å². The quantitative estimate of drug-likeness (QED) is 0.625. The molecule has 0 heterocycles. The number of aliphatic hydroxyl groups is 1. The van der Waals surface area contributed by atoms with Crippen LogP contribution in [0, 0.1) is 0 Å². The molecule has 0 aromatic heterocycles. The standard InChI is InChI=1S/C13H20N2O3/c1-2-11(16)8-15-7-10-3-5-12(6-4-10)18-9-13(14)17/h3-6,11,15-16H,2,7-9H2,1H3,(H2,14,17). The van der Waals surface area contributed by atoms with Crippen LogP contribution < -0.4 is 15.8 Å². The molecule has 1 rings (SSSR count). The van der Waals surface area contributed by atoms with Crippen molar-refractivity contribution in [1.29, 1.82) is 0 Å². The summed E-state index contributed by atoms with van der Waals surface area (Å²) in [5.41, 5.74) is 6.07. The summed E-state index contributed by atoms with van der Waals surface area (Å²) in [5.74, 6) is 0.125. The van der Waals surface area contributed by atoms with Gasteiger partial charge in [-0.2, -0.15) is 0 Å². The number of rotatable bonds is 8. The van der Waals surface area contributed by atoms with Crippen molar-refractivity contribution in [1.82, 2.24) is 5.32 Å². The maximum atomic E-state index is 10.5. The van der Waals surface area contributed by atoms with Gasteiger partial charge in [0.15, 0.2) is 6.61 Å². The first-order valence-corrected chi connectivity index (χ1v) is 6.00. The zero-order valence-electron chi connectivity index (χ0n) is 10.6. The van der Waals surface area contributed by atoms with Crippen molar-refractivity contribution in [3.05, 3.63) is 29.8 Å². The van der Waals surface area contributed by atoms with Crippen LogP contribution in [0.5, 0.6) is 5.75 Å². The van der Waals surface area contributed by atoms with Crippen molar-refractivity contribution >= 4 is 5.91 Å². The first-order valence-electron chi connectivity index (χ1n) is 6.00. The number of nitrogens with one attached hydrogen (secondary N) is 1. The molecule has 1 atom stereocenters. The van der Waals surface area contributed by atoms with E-state index in [4.69, 9.17) is 10.5 Å². The highest BCUT2D eigenvalue weighted by molar-refractivity contribution is 5.75. The number of hydrogen-bond donors (Lipinski definition) is 3. The molecule has 1 aromatic carbocycles. The van der Waals surface area contributed by atoms with Crippen LogP contribution in [0.25, 0.3) is 0 Å². The molecule has 0 aliphatic rings. The molecule has 4 N–H and O–H groups in total.